The summed E-state index contributed by atoms with van der Waals surface area (Å²) in [6.07, 6.45) is 0.889. The maximum absolute atomic E-state index is 11.6. The lowest BCUT2D eigenvalue weighted by Gasteiger charge is -2.27. The van der Waals surface area contributed by atoms with E-state index in [1.807, 2.05) is 6.07 Å². The Hall–Kier alpha value is -0.910. The molecule has 0 bridgehead atoms. The van der Waals surface area contributed by atoms with Crippen molar-refractivity contribution >= 4 is 9.84 Å². The minimum absolute atomic E-state index is 0.110. The number of nitrogens with one attached hydrogen (secondary N) is 1. The van der Waals surface area contributed by atoms with Crippen molar-refractivity contribution in [2.24, 2.45) is 0 Å². The maximum Gasteiger partial charge on any atom is 0.153 e. The zero-order chi connectivity index (χ0) is 14.4. The predicted molar refractivity (Wildman–Crippen MR) is 82.5 cm³/mol. The molecule has 1 saturated heterocycles. The van der Waals surface area contributed by atoms with E-state index in [2.05, 4.69) is 41.4 Å². The van der Waals surface area contributed by atoms with Crippen molar-refractivity contribution in [2.75, 3.05) is 31.1 Å². The molecule has 0 spiro atoms. The van der Waals surface area contributed by atoms with Crippen molar-refractivity contribution in [3.05, 3.63) is 35.9 Å². The van der Waals surface area contributed by atoms with E-state index in [-0.39, 0.29) is 17.5 Å². The first-order chi connectivity index (χ1) is 9.59. The molecule has 1 aromatic rings. The van der Waals surface area contributed by atoms with Crippen LogP contribution in [0.2, 0.25) is 0 Å². The topological polar surface area (TPSA) is 49.4 Å². The van der Waals surface area contributed by atoms with Crippen molar-refractivity contribution in [1.29, 1.82) is 0 Å². The second-order valence-electron chi connectivity index (χ2n) is 5.41. The van der Waals surface area contributed by atoms with Gasteiger partial charge in [0.05, 0.1) is 11.5 Å². The number of benzene rings is 1. The smallest absolute Gasteiger partial charge is 0.153 e. The van der Waals surface area contributed by atoms with Gasteiger partial charge in [0.1, 0.15) is 0 Å². The summed E-state index contributed by atoms with van der Waals surface area (Å²) in [5.74, 6) is 0.570. The third-order valence-electron chi connectivity index (χ3n) is 3.79. The molecule has 1 N–H and O–H groups in total. The van der Waals surface area contributed by atoms with Gasteiger partial charge in [-0.1, -0.05) is 37.3 Å². The van der Waals surface area contributed by atoms with Crippen molar-refractivity contribution < 1.29 is 8.42 Å². The molecule has 4 nitrogen and oxygen atoms in total. The van der Waals surface area contributed by atoms with Gasteiger partial charge in [-0.3, -0.25) is 4.90 Å². The first kappa shape index (κ1) is 15.5. The second-order valence-corrected chi connectivity index (χ2v) is 7.64. The minimum atomic E-state index is -2.83. The Morgan fingerprint density at radius 3 is 2.70 bits per heavy atom. The number of sulfone groups is 1. The van der Waals surface area contributed by atoms with E-state index < -0.39 is 9.84 Å². The van der Waals surface area contributed by atoms with Crippen LogP contribution in [0, 0.1) is 0 Å². The summed E-state index contributed by atoms with van der Waals surface area (Å²) in [6.45, 7) is 5.58. The van der Waals surface area contributed by atoms with E-state index in [9.17, 15) is 8.42 Å². The van der Waals surface area contributed by atoms with Crippen molar-refractivity contribution in [1.82, 2.24) is 10.2 Å². The molecule has 5 heteroatoms. The Labute approximate surface area is 122 Å². The fourth-order valence-corrected chi connectivity index (χ4v) is 4.07. The van der Waals surface area contributed by atoms with Gasteiger partial charge in [0.25, 0.3) is 0 Å². The summed E-state index contributed by atoms with van der Waals surface area (Å²) in [5.41, 5.74) is 1.30. The second kappa shape index (κ2) is 7.20. The first-order valence-electron chi connectivity index (χ1n) is 7.29. The van der Waals surface area contributed by atoms with Crippen LogP contribution in [0.25, 0.3) is 0 Å². The Morgan fingerprint density at radius 1 is 1.30 bits per heavy atom. The Morgan fingerprint density at radius 2 is 2.05 bits per heavy atom. The van der Waals surface area contributed by atoms with Crippen LogP contribution in [0.1, 0.15) is 18.9 Å². The van der Waals surface area contributed by atoms with E-state index in [4.69, 9.17) is 0 Å². The van der Waals surface area contributed by atoms with Gasteiger partial charge >= 0.3 is 0 Å². The van der Waals surface area contributed by atoms with Crippen LogP contribution in [0.4, 0.5) is 0 Å². The Bertz CT molecular complexity index is 502. The standard InChI is InChI=1S/C15H24N2O2S/c1-2-17(12-14-6-4-3-5-7-14)10-8-15-13-20(18,19)11-9-16-15/h3-7,15-16H,2,8-13H2,1H3. The van der Waals surface area contributed by atoms with Crippen molar-refractivity contribution in [3.63, 3.8) is 0 Å². The summed E-state index contributed by atoms with van der Waals surface area (Å²) in [4.78, 5) is 2.36. The molecule has 0 aliphatic carbocycles. The number of hydrogen-bond acceptors (Lipinski definition) is 4. The van der Waals surface area contributed by atoms with E-state index >= 15 is 0 Å². The highest BCUT2D eigenvalue weighted by atomic mass is 32.2. The van der Waals surface area contributed by atoms with Gasteiger partial charge in [-0.05, 0) is 25.1 Å². The fourth-order valence-electron chi connectivity index (χ4n) is 2.58. The molecular formula is C15H24N2O2S. The molecule has 1 heterocycles. The third-order valence-corrected chi connectivity index (χ3v) is 5.53. The minimum Gasteiger partial charge on any atom is -0.312 e. The third kappa shape index (κ3) is 4.89. The van der Waals surface area contributed by atoms with Gasteiger partial charge < -0.3 is 5.32 Å². The quantitative estimate of drug-likeness (QED) is 0.859. The maximum atomic E-state index is 11.6. The molecule has 112 valence electrons. The molecule has 1 aliphatic rings. The molecule has 20 heavy (non-hydrogen) atoms. The number of hydrogen-bond donors (Lipinski definition) is 1. The van der Waals surface area contributed by atoms with Gasteiger partial charge in [0.15, 0.2) is 9.84 Å². The van der Waals surface area contributed by atoms with Crippen LogP contribution < -0.4 is 5.32 Å². The highest BCUT2D eigenvalue weighted by Crippen LogP contribution is 2.09. The summed E-state index contributed by atoms with van der Waals surface area (Å²) < 4.78 is 23.2. The summed E-state index contributed by atoms with van der Waals surface area (Å²) >= 11 is 0. The monoisotopic (exact) mass is 296 g/mol. The van der Waals surface area contributed by atoms with Gasteiger partial charge in [-0.25, -0.2) is 8.42 Å². The Balaban J connectivity index is 1.82. The van der Waals surface area contributed by atoms with Gasteiger partial charge in [-0.2, -0.15) is 0 Å². The molecule has 0 amide bonds. The zero-order valence-electron chi connectivity index (χ0n) is 12.1. The van der Waals surface area contributed by atoms with Crippen LogP contribution in [0.5, 0.6) is 0 Å². The van der Waals surface area contributed by atoms with Gasteiger partial charge in [-0.15, -0.1) is 0 Å². The highest BCUT2D eigenvalue weighted by molar-refractivity contribution is 7.91. The molecule has 1 aromatic carbocycles. The first-order valence-corrected chi connectivity index (χ1v) is 9.11. The average molecular weight is 296 g/mol. The molecular weight excluding hydrogens is 272 g/mol. The molecule has 0 saturated carbocycles. The average Bonchev–Trinajstić information content (AvgIpc) is 2.43. The SMILES string of the molecule is CCN(CCC1CS(=O)(=O)CCN1)Cc1ccccc1. The molecule has 0 radical (unpaired) electrons. The van der Waals surface area contributed by atoms with Gasteiger partial charge in [0, 0.05) is 19.1 Å². The molecule has 0 aromatic heterocycles. The largest absolute Gasteiger partial charge is 0.312 e. The lowest BCUT2D eigenvalue weighted by molar-refractivity contribution is 0.263. The van der Waals surface area contributed by atoms with E-state index in [1.54, 1.807) is 0 Å². The molecule has 1 atom stereocenters. The van der Waals surface area contributed by atoms with Crippen LogP contribution >= 0.6 is 0 Å². The molecule has 1 fully saturated rings. The molecule has 1 unspecified atom stereocenters. The van der Waals surface area contributed by atoms with Crippen LogP contribution in [-0.4, -0.2) is 50.5 Å². The normalized spacial score (nSPS) is 22.0. The van der Waals surface area contributed by atoms with Crippen LogP contribution in [0.3, 0.4) is 0 Å². The lowest BCUT2D eigenvalue weighted by atomic mass is 10.2. The van der Waals surface area contributed by atoms with E-state index in [0.29, 0.717) is 6.54 Å². The lowest BCUT2D eigenvalue weighted by Crippen LogP contribution is -2.46. The number of nitrogens with zero attached hydrogens (tertiary/aromatic N) is 1. The van der Waals surface area contributed by atoms with Crippen LogP contribution in [-0.2, 0) is 16.4 Å². The predicted octanol–water partition coefficient (Wildman–Crippen LogP) is 1.29. The van der Waals surface area contributed by atoms with Crippen molar-refractivity contribution in [3.8, 4) is 0 Å². The van der Waals surface area contributed by atoms with Crippen LogP contribution in [0.15, 0.2) is 30.3 Å². The molecule has 2 rings (SSSR count). The van der Waals surface area contributed by atoms with Gasteiger partial charge in [0.2, 0.25) is 0 Å². The Kier molecular flexibility index (Phi) is 5.57. The molecule has 1 aliphatic heterocycles. The van der Waals surface area contributed by atoms with E-state index in [0.717, 1.165) is 26.1 Å². The van der Waals surface area contributed by atoms with Crippen molar-refractivity contribution in [2.45, 2.75) is 25.9 Å². The highest BCUT2D eigenvalue weighted by Gasteiger charge is 2.24. The summed E-state index contributed by atoms with van der Waals surface area (Å²) in [7, 11) is -2.83. The summed E-state index contributed by atoms with van der Waals surface area (Å²) in [6, 6.07) is 10.5. The zero-order valence-corrected chi connectivity index (χ0v) is 12.9. The fraction of sp³-hybridized carbons (Fsp3) is 0.600. The van der Waals surface area contributed by atoms with E-state index in [1.165, 1.54) is 5.56 Å². The summed E-state index contributed by atoms with van der Waals surface area (Å²) in [5, 5.41) is 3.31. The number of rotatable bonds is 6.